The van der Waals surface area contributed by atoms with E-state index in [1.807, 2.05) is 20.8 Å². The average Bonchev–Trinajstić information content (AvgIpc) is 2.40. The molecule has 1 N–H and O–H groups in total. The third-order valence-corrected chi connectivity index (χ3v) is 4.03. The Balaban J connectivity index is 3.21. The van der Waals surface area contributed by atoms with Gasteiger partial charge in [-0.25, -0.2) is 0 Å². The van der Waals surface area contributed by atoms with Crippen molar-refractivity contribution in [3.8, 4) is 0 Å². The van der Waals surface area contributed by atoms with Gasteiger partial charge in [-0.2, -0.15) is 24.9 Å². The van der Waals surface area contributed by atoms with Crippen molar-refractivity contribution in [2.75, 3.05) is 17.6 Å². The fourth-order valence-electron chi connectivity index (χ4n) is 1.78. The molecule has 24 heavy (non-hydrogen) atoms. The van der Waals surface area contributed by atoms with Gasteiger partial charge in [-0.05, 0) is 0 Å². The van der Waals surface area contributed by atoms with Gasteiger partial charge in [0, 0.05) is 29.2 Å². The fourth-order valence-corrected chi connectivity index (χ4v) is 2.59. The lowest BCUT2D eigenvalue weighted by Gasteiger charge is -2.18. The predicted molar refractivity (Wildman–Crippen MR) is 85.5 cm³/mol. The zero-order valence-electron chi connectivity index (χ0n) is 13.1. The summed E-state index contributed by atoms with van der Waals surface area (Å²) in [5, 5.41) is 24.6. The van der Waals surface area contributed by atoms with Gasteiger partial charge < -0.3 is 5.32 Å². The van der Waals surface area contributed by atoms with E-state index in [-0.39, 0.29) is 11.3 Å². The quantitative estimate of drug-likeness (QED) is 0.453. The zero-order valence-corrected chi connectivity index (χ0v) is 14.0. The molecule has 0 amide bonds. The van der Waals surface area contributed by atoms with E-state index < -0.39 is 38.6 Å². The molecule has 0 aliphatic carbocycles. The lowest BCUT2D eigenvalue weighted by molar-refractivity contribution is -0.392. The summed E-state index contributed by atoms with van der Waals surface area (Å²) in [6, 6.07) is 0.596. The third kappa shape index (κ3) is 5.55. The van der Waals surface area contributed by atoms with Crippen molar-refractivity contribution in [3.63, 3.8) is 0 Å². The van der Waals surface area contributed by atoms with Crippen LogP contribution in [0, 0.1) is 20.2 Å². The average molecular weight is 367 g/mol. The maximum Gasteiger partial charge on any atom is 0.416 e. The molecule has 0 saturated carbocycles. The van der Waals surface area contributed by atoms with Crippen molar-refractivity contribution in [3.05, 3.63) is 37.9 Å². The maximum absolute atomic E-state index is 12.8. The van der Waals surface area contributed by atoms with Gasteiger partial charge in [0.05, 0.1) is 15.4 Å². The molecule has 0 saturated heterocycles. The summed E-state index contributed by atoms with van der Waals surface area (Å²) in [5.74, 6) is 0.471. The van der Waals surface area contributed by atoms with Gasteiger partial charge >= 0.3 is 6.18 Å². The van der Waals surface area contributed by atoms with E-state index in [4.69, 9.17) is 0 Å². The molecule has 11 heteroatoms. The van der Waals surface area contributed by atoms with E-state index in [0.717, 1.165) is 0 Å². The van der Waals surface area contributed by atoms with Gasteiger partial charge in [0.25, 0.3) is 11.4 Å². The lowest BCUT2D eigenvalue weighted by Crippen LogP contribution is -2.15. The van der Waals surface area contributed by atoms with Crippen molar-refractivity contribution >= 4 is 28.8 Å². The van der Waals surface area contributed by atoms with Crippen molar-refractivity contribution in [2.45, 2.75) is 31.7 Å². The van der Waals surface area contributed by atoms with Crippen LogP contribution in [0.1, 0.15) is 26.3 Å². The second-order valence-corrected chi connectivity index (χ2v) is 7.71. The van der Waals surface area contributed by atoms with E-state index >= 15 is 0 Å². The van der Waals surface area contributed by atoms with Crippen LogP contribution < -0.4 is 5.32 Å². The molecule has 0 atom stereocenters. The molecule has 0 unspecified atom stereocenters. The van der Waals surface area contributed by atoms with E-state index in [0.29, 0.717) is 17.9 Å². The highest BCUT2D eigenvalue weighted by atomic mass is 32.2. The van der Waals surface area contributed by atoms with Crippen molar-refractivity contribution in [2.24, 2.45) is 0 Å². The number of nitro groups is 2. The number of nitrogens with zero attached hydrogens (tertiary/aromatic N) is 2. The van der Waals surface area contributed by atoms with Crippen LogP contribution in [-0.2, 0) is 6.18 Å². The zero-order chi connectivity index (χ0) is 18.7. The van der Waals surface area contributed by atoms with Crippen LogP contribution in [0.4, 0.5) is 30.2 Å². The number of benzene rings is 1. The Labute approximate surface area is 139 Å². The molecule has 0 fully saturated rings. The number of rotatable bonds is 6. The fraction of sp³-hybridized carbons (Fsp3) is 0.538. The Kier molecular flexibility index (Phi) is 6.04. The first-order valence-electron chi connectivity index (χ1n) is 6.75. The van der Waals surface area contributed by atoms with Gasteiger partial charge in [0.15, 0.2) is 5.69 Å². The molecule has 0 aromatic heterocycles. The first-order chi connectivity index (χ1) is 10.8. The second kappa shape index (κ2) is 7.24. The number of halogens is 3. The molecule has 1 rings (SSSR count). The lowest BCUT2D eigenvalue weighted by atomic mass is 10.1. The first kappa shape index (κ1) is 20.0. The molecule has 134 valence electrons. The minimum atomic E-state index is -4.92. The molecule has 0 bridgehead atoms. The molecule has 1 aromatic carbocycles. The molecule has 0 aliphatic heterocycles. The van der Waals surface area contributed by atoms with Crippen LogP contribution >= 0.6 is 11.8 Å². The third-order valence-electron chi connectivity index (χ3n) is 2.76. The van der Waals surface area contributed by atoms with Crippen LogP contribution in [0.2, 0.25) is 0 Å². The molecule has 1 aromatic rings. The number of hydrogen-bond donors (Lipinski definition) is 1. The van der Waals surface area contributed by atoms with Crippen molar-refractivity contribution < 1.29 is 23.0 Å². The second-order valence-electron chi connectivity index (χ2n) is 5.79. The number of alkyl halides is 3. The van der Waals surface area contributed by atoms with Gasteiger partial charge in [-0.15, -0.1) is 0 Å². The number of hydrogen-bond acceptors (Lipinski definition) is 6. The minimum absolute atomic E-state index is 0.0836. The van der Waals surface area contributed by atoms with Crippen molar-refractivity contribution in [1.29, 1.82) is 0 Å². The number of anilines is 1. The summed E-state index contributed by atoms with van der Waals surface area (Å²) in [6.45, 7) is 5.97. The van der Waals surface area contributed by atoms with E-state index in [2.05, 4.69) is 5.32 Å². The van der Waals surface area contributed by atoms with E-state index in [9.17, 15) is 33.4 Å². The SMILES string of the molecule is CC(C)(C)SCCNc1c([N+](=O)[O-])cc(C(F)(F)F)cc1[N+](=O)[O-]. The largest absolute Gasteiger partial charge is 0.416 e. The molecule has 0 aliphatic rings. The van der Waals surface area contributed by atoms with Crippen molar-refractivity contribution in [1.82, 2.24) is 0 Å². The van der Waals surface area contributed by atoms with Gasteiger partial charge in [0.1, 0.15) is 0 Å². The predicted octanol–water partition coefficient (Wildman–Crippen LogP) is 4.47. The number of nitrogens with one attached hydrogen (secondary N) is 1. The first-order valence-corrected chi connectivity index (χ1v) is 7.73. The highest BCUT2D eigenvalue weighted by molar-refractivity contribution is 8.00. The van der Waals surface area contributed by atoms with Gasteiger partial charge in [-0.1, -0.05) is 20.8 Å². The monoisotopic (exact) mass is 367 g/mol. The normalized spacial score (nSPS) is 12.1. The molecule has 0 radical (unpaired) electrons. The number of nitro benzene ring substituents is 2. The standard InChI is InChI=1S/C13H16F3N3O4S/c1-12(2,3)24-5-4-17-11-9(18(20)21)6-8(13(14,15)16)7-10(11)19(22)23/h6-7,17H,4-5H2,1-3H3. The molecule has 0 heterocycles. The molecular formula is C13H16F3N3O4S. The topological polar surface area (TPSA) is 98.3 Å². The summed E-state index contributed by atoms with van der Waals surface area (Å²) >= 11 is 1.51. The summed E-state index contributed by atoms with van der Waals surface area (Å²) < 4.78 is 38.2. The summed E-state index contributed by atoms with van der Waals surface area (Å²) in [7, 11) is 0. The number of thioether (sulfide) groups is 1. The highest BCUT2D eigenvalue weighted by Gasteiger charge is 2.37. The maximum atomic E-state index is 12.8. The highest BCUT2D eigenvalue weighted by Crippen LogP contribution is 2.41. The Morgan fingerprint density at radius 2 is 1.54 bits per heavy atom. The van der Waals surface area contributed by atoms with Crippen LogP contribution in [0.3, 0.4) is 0 Å². The van der Waals surface area contributed by atoms with Gasteiger partial charge in [0.2, 0.25) is 0 Å². The molecule has 7 nitrogen and oxygen atoms in total. The van der Waals surface area contributed by atoms with E-state index in [1.165, 1.54) is 11.8 Å². The van der Waals surface area contributed by atoms with Crippen LogP contribution in [0.15, 0.2) is 12.1 Å². The Morgan fingerprint density at radius 1 is 1.08 bits per heavy atom. The Hall–Kier alpha value is -2.04. The Morgan fingerprint density at radius 3 is 1.88 bits per heavy atom. The van der Waals surface area contributed by atoms with E-state index in [1.54, 1.807) is 0 Å². The van der Waals surface area contributed by atoms with Gasteiger partial charge in [-0.3, -0.25) is 20.2 Å². The van der Waals surface area contributed by atoms with Crippen LogP contribution in [0.5, 0.6) is 0 Å². The Bertz CT molecular complexity index is 609. The molecular weight excluding hydrogens is 351 g/mol. The summed E-state index contributed by atoms with van der Waals surface area (Å²) in [5.41, 5.74) is -3.91. The minimum Gasteiger partial charge on any atom is -0.373 e. The van der Waals surface area contributed by atoms with Crippen LogP contribution in [-0.4, -0.2) is 26.9 Å². The summed E-state index contributed by atoms with van der Waals surface area (Å²) in [6.07, 6.45) is -4.92. The smallest absolute Gasteiger partial charge is 0.373 e. The van der Waals surface area contributed by atoms with Crippen LogP contribution in [0.25, 0.3) is 0 Å². The summed E-state index contributed by atoms with van der Waals surface area (Å²) in [4.78, 5) is 19.9. The molecule has 0 spiro atoms.